The van der Waals surface area contributed by atoms with Crippen LogP contribution in [0.1, 0.15) is 21.6 Å². The highest BCUT2D eigenvalue weighted by Gasteiger charge is 2.29. The van der Waals surface area contributed by atoms with Crippen LogP contribution in [0.15, 0.2) is 48.5 Å². The van der Waals surface area contributed by atoms with Crippen molar-refractivity contribution in [2.75, 3.05) is 45.1 Å². The SMILES string of the molecule is CCl.Cc1cccc2c(O)cc3c(c12)CCN3C(=O)c1cc2cc(OCCN(C)C)ccc2[nH]1. The van der Waals surface area contributed by atoms with Crippen LogP contribution in [0.3, 0.4) is 0 Å². The Balaban J connectivity index is 0.00000133. The number of rotatable bonds is 5. The molecule has 2 heterocycles. The first kappa shape index (κ1) is 23.9. The quantitative estimate of drug-likeness (QED) is 0.379. The van der Waals surface area contributed by atoms with Crippen molar-refractivity contribution in [3.8, 4) is 11.5 Å². The topological polar surface area (TPSA) is 68.8 Å². The summed E-state index contributed by atoms with van der Waals surface area (Å²) in [7, 11) is 4.02. The number of nitrogens with zero attached hydrogens (tertiary/aromatic N) is 2. The van der Waals surface area contributed by atoms with Crippen LogP contribution in [0, 0.1) is 6.92 Å². The van der Waals surface area contributed by atoms with Gasteiger partial charge in [0.15, 0.2) is 0 Å². The van der Waals surface area contributed by atoms with E-state index in [9.17, 15) is 9.90 Å². The number of carbonyl (C=O) groups excluding carboxylic acids is 1. The van der Waals surface area contributed by atoms with Gasteiger partial charge >= 0.3 is 0 Å². The summed E-state index contributed by atoms with van der Waals surface area (Å²) in [6, 6.07) is 15.3. The molecular weight excluding hydrogens is 450 g/mol. The van der Waals surface area contributed by atoms with Crippen LogP contribution in [0.2, 0.25) is 0 Å². The van der Waals surface area contributed by atoms with Gasteiger partial charge in [0.25, 0.3) is 5.91 Å². The maximum atomic E-state index is 13.4. The zero-order chi connectivity index (χ0) is 24.4. The van der Waals surface area contributed by atoms with Crippen LogP contribution < -0.4 is 9.64 Å². The van der Waals surface area contributed by atoms with Gasteiger partial charge in [0.1, 0.15) is 23.8 Å². The Bertz CT molecular complexity index is 1350. The van der Waals surface area contributed by atoms with Crippen LogP contribution >= 0.6 is 11.6 Å². The molecule has 0 aliphatic carbocycles. The van der Waals surface area contributed by atoms with Crippen molar-refractivity contribution in [3.63, 3.8) is 0 Å². The number of halogens is 1. The van der Waals surface area contributed by atoms with E-state index in [-0.39, 0.29) is 11.7 Å². The molecule has 7 heteroatoms. The first-order chi connectivity index (χ1) is 16.4. The number of phenols is 1. The maximum Gasteiger partial charge on any atom is 0.274 e. The molecule has 1 aliphatic heterocycles. The first-order valence-corrected chi connectivity index (χ1v) is 12.0. The molecule has 0 radical (unpaired) electrons. The Morgan fingerprint density at radius 2 is 1.97 bits per heavy atom. The third-order valence-corrected chi connectivity index (χ3v) is 6.18. The van der Waals surface area contributed by atoms with E-state index in [1.54, 1.807) is 11.0 Å². The molecule has 0 saturated heterocycles. The molecule has 178 valence electrons. The predicted molar refractivity (Wildman–Crippen MR) is 140 cm³/mol. The molecule has 6 nitrogen and oxygen atoms in total. The minimum Gasteiger partial charge on any atom is -0.507 e. The first-order valence-electron chi connectivity index (χ1n) is 11.3. The minimum atomic E-state index is -0.0950. The van der Waals surface area contributed by atoms with Crippen molar-refractivity contribution >= 4 is 44.9 Å². The summed E-state index contributed by atoms with van der Waals surface area (Å²) in [6.45, 7) is 4.08. The molecule has 0 unspecified atom stereocenters. The van der Waals surface area contributed by atoms with Gasteiger partial charge in [-0.05, 0) is 68.2 Å². The second-order valence-electron chi connectivity index (χ2n) is 8.68. The number of fused-ring (bicyclic) bond motifs is 4. The van der Waals surface area contributed by atoms with E-state index in [2.05, 4.69) is 21.5 Å². The Kier molecular flexibility index (Phi) is 7.00. The van der Waals surface area contributed by atoms with Crippen molar-refractivity contribution in [3.05, 3.63) is 65.4 Å². The number of alkyl halides is 1. The number of phenolic OH excluding ortho intramolecular Hbond substituents is 1. The van der Waals surface area contributed by atoms with E-state index in [4.69, 9.17) is 4.74 Å². The Labute approximate surface area is 204 Å². The molecule has 0 bridgehead atoms. The van der Waals surface area contributed by atoms with Gasteiger partial charge in [0.05, 0.1) is 5.69 Å². The van der Waals surface area contributed by atoms with Crippen LogP contribution in [-0.4, -0.2) is 61.1 Å². The number of amides is 1. The fourth-order valence-electron chi connectivity index (χ4n) is 4.56. The van der Waals surface area contributed by atoms with E-state index in [0.717, 1.165) is 57.2 Å². The number of carbonyl (C=O) groups is 1. The van der Waals surface area contributed by atoms with Gasteiger partial charge in [-0.25, -0.2) is 0 Å². The van der Waals surface area contributed by atoms with Crippen LogP contribution in [0.4, 0.5) is 5.69 Å². The van der Waals surface area contributed by atoms with Gasteiger partial charge in [0.2, 0.25) is 0 Å². The monoisotopic (exact) mass is 479 g/mol. The molecule has 0 spiro atoms. The molecule has 1 aromatic heterocycles. The summed E-state index contributed by atoms with van der Waals surface area (Å²) in [5, 5.41) is 13.4. The summed E-state index contributed by atoms with van der Waals surface area (Å²) < 4.78 is 5.83. The summed E-state index contributed by atoms with van der Waals surface area (Å²) in [5.41, 5.74) is 4.45. The fraction of sp³-hybridized carbons (Fsp3) is 0.296. The second kappa shape index (κ2) is 9.95. The zero-order valence-electron chi connectivity index (χ0n) is 20.0. The average molecular weight is 480 g/mol. The van der Waals surface area contributed by atoms with E-state index >= 15 is 0 Å². The van der Waals surface area contributed by atoms with Gasteiger partial charge in [-0.1, -0.05) is 18.2 Å². The lowest BCUT2D eigenvalue weighted by Gasteiger charge is -2.18. The number of H-pyrrole nitrogens is 1. The van der Waals surface area contributed by atoms with Gasteiger partial charge in [-0.2, -0.15) is 0 Å². The normalized spacial score (nSPS) is 12.7. The number of aryl methyl sites for hydroxylation is 1. The lowest BCUT2D eigenvalue weighted by atomic mass is 9.97. The number of likely N-dealkylation sites (N-methyl/N-ethyl adjacent to an activating group) is 1. The molecule has 1 amide bonds. The molecular formula is C27H30ClN3O3. The Morgan fingerprint density at radius 3 is 2.74 bits per heavy atom. The largest absolute Gasteiger partial charge is 0.507 e. The Hall–Kier alpha value is -3.22. The molecule has 5 rings (SSSR count). The van der Waals surface area contributed by atoms with Gasteiger partial charge in [-0.3, -0.25) is 4.79 Å². The van der Waals surface area contributed by atoms with Crippen LogP contribution in [0.5, 0.6) is 11.5 Å². The van der Waals surface area contributed by atoms with E-state index in [1.807, 2.05) is 63.5 Å². The summed E-state index contributed by atoms with van der Waals surface area (Å²) in [4.78, 5) is 20.5. The van der Waals surface area contributed by atoms with Crippen molar-refractivity contribution in [1.29, 1.82) is 0 Å². The maximum absolute atomic E-state index is 13.4. The lowest BCUT2D eigenvalue weighted by Crippen LogP contribution is -2.29. The van der Waals surface area contributed by atoms with Crippen molar-refractivity contribution in [2.24, 2.45) is 0 Å². The highest BCUT2D eigenvalue weighted by atomic mass is 35.5. The highest BCUT2D eigenvalue weighted by molar-refractivity contribution is 6.15. The second-order valence-corrected chi connectivity index (χ2v) is 8.68. The minimum absolute atomic E-state index is 0.0950. The molecule has 2 N–H and O–H groups in total. The molecule has 0 saturated carbocycles. The molecule has 4 aromatic rings. The molecule has 0 fully saturated rings. The van der Waals surface area contributed by atoms with Crippen molar-refractivity contribution in [1.82, 2.24) is 9.88 Å². The molecule has 34 heavy (non-hydrogen) atoms. The number of hydrogen-bond donors (Lipinski definition) is 2. The van der Waals surface area contributed by atoms with Crippen LogP contribution in [-0.2, 0) is 6.42 Å². The Morgan fingerprint density at radius 1 is 1.18 bits per heavy atom. The number of aromatic amines is 1. The molecule has 0 atom stereocenters. The molecule has 3 aromatic carbocycles. The zero-order valence-corrected chi connectivity index (χ0v) is 20.7. The average Bonchev–Trinajstić information content (AvgIpc) is 3.44. The number of anilines is 1. The number of hydrogen-bond acceptors (Lipinski definition) is 4. The fourth-order valence-corrected chi connectivity index (χ4v) is 4.56. The number of aromatic hydroxyl groups is 1. The van der Waals surface area contributed by atoms with Crippen molar-refractivity contribution < 1.29 is 14.6 Å². The number of nitrogens with one attached hydrogen (secondary N) is 1. The van der Waals surface area contributed by atoms with Gasteiger partial charge < -0.3 is 24.6 Å². The smallest absolute Gasteiger partial charge is 0.274 e. The number of aromatic nitrogens is 1. The summed E-state index contributed by atoms with van der Waals surface area (Å²) in [6.07, 6.45) is 2.24. The van der Waals surface area contributed by atoms with E-state index in [0.29, 0.717) is 18.8 Å². The lowest BCUT2D eigenvalue weighted by molar-refractivity contribution is 0.0985. The van der Waals surface area contributed by atoms with Crippen LogP contribution in [0.25, 0.3) is 21.7 Å². The highest BCUT2D eigenvalue weighted by Crippen LogP contribution is 2.41. The summed E-state index contributed by atoms with van der Waals surface area (Å²) in [5.74, 6) is 0.899. The van der Waals surface area contributed by atoms with Crippen molar-refractivity contribution in [2.45, 2.75) is 13.3 Å². The van der Waals surface area contributed by atoms with E-state index in [1.165, 1.54) is 6.38 Å². The third-order valence-electron chi connectivity index (χ3n) is 6.18. The predicted octanol–water partition coefficient (Wildman–Crippen LogP) is 5.33. The van der Waals surface area contributed by atoms with E-state index < -0.39 is 0 Å². The summed E-state index contributed by atoms with van der Waals surface area (Å²) >= 11 is 4.64. The van der Waals surface area contributed by atoms with Gasteiger partial charge in [-0.15, -0.1) is 11.6 Å². The number of benzene rings is 3. The third kappa shape index (κ3) is 4.43. The number of ether oxygens (including phenoxy) is 1. The molecule has 1 aliphatic rings. The van der Waals surface area contributed by atoms with Gasteiger partial charge in [0, 0.05) is 41.8 Å². The standard InChI is InChI=1S/C26H27N3O3.CH3Cl/c1-16-5-4-6-20-24(30)15-23-19(25(16)20)9-10-29(23)26(31)22-14-17-13-18(7-8-21(17)27-22)32-12-11-28(2)3;1-2/h4-8,13-15,27,30H,9-12H2,1-3H3;1H3.